The molecule has 0 aliphatic carbocycles. The number of rotatable bonds is 2. The molecule has 0 aliphatic heterocycles. The molecular weight excluding hydrogens is 241 g/mol. The van der Waals surface area contributed by atoms with Crippen LogP contribution in [0.1, 0.15) is 21.5 Å². The first-order chi connectivity index (χ1) is 9.10. The first-order valence-corrected chi connectivity index (χ1v) is 5.74. The molecule has 0 aromatic heterocycles. The molecule has 0 unspecified atom stereocenters. The number of terminal acetylenes is 1. The highest BCUT2D eigenvalue weighted by Crippen LogP contribution is 2.14. The van der Waals surface area contributed by atoms with E-state index in [9.17, 15) is 9.18 Å². The zero-order valence-corrected chi connectivity index (χ0v) is 10.4. The lowest BCUT2D eigenvalue weighted by Crippen LogP contribution is -2.13. The van der Waals surface area contributed by atoms with Gasteiger partial charge in [-0.25, -0.2) is 4.39 Å². The van der Waals surface area contributed by atoms with E-state index in [1.165, 1.54) is 18.2 Å². The fourth-order valence-corrected chi connectivity index (χ4v) is 1.77. The number of benzene rings is 2. The fraction of sp³-hybridized carbons (Fsp3) is 0.0625. The maximum atomic E-state index is 13.0. The summed E-state index contributed by atoms with van der Waals surface area (Å²) in [6.07, 6.45) is 5.30. The molecular formula is C16H12FNO. The zero-order valence-electron chi connectivity index (χ0n) is 10.4. The van der Waals surface area contributed by atoms with Crippen LogP contribution < -0.4 is 5.32 Å². The van der Waals surface area contributed by atoms with Crippen LogP contribution in [0.2, 0.25) is 0 Å². The van der Waals surface area contributed by atoms with Crippen LogP contribution in [0, 0.1) is 25.1 Å². The van der Waals surface area contributed by atoms with Crippen LogP contribution in [0.25, 0.3) is 0 Å². The van der Waals surface area contributed by atoms with Gasteiger partial charge in [-0.05, 0) is 48.9 Å². The Morgan fingerprint density at radius 1 is 1.26 bits per heavy atom. The Hall–Kier alpha value is -2.60. The second-order valence-corrected chi connectivity index (χ2v) is 4.14. The van der Waals surface area contributed by atoms with Crippen molar-refractivity contribution in [3.8, 4) is 12.3 Å². The Kier molecular flexibility index (Phi) is 3.63. The third-order valence-corrected chi connectivity index (χ3v) is 2.72. The summed E-state index contributed by atoms with van der Waals surface area (Å²) in [6.45, 7) is 1.69. The molecule has 1 amide bonds. The van der Waals surface area contributed by atoms with Crippen LogP contribution in [0.3, 0.4) is 0 Å². The number of carbonyl (C=O) groups excluding carboxylic acids is 1. The molecule has 0 atom stereocenters. The van der Waals surface area contributed by atoms with Gasteiger partial charge in [-0.3, -0.25) is 4.79 Å². The van der Waals surface area contributed by atoms with Gasteiger partial charge in [0.2, 0.25) is 0 Å². The summed E-state index contributed by atoms with van der Waals surface area (Å²) < 4.78 is 13.0. The van der Waals surface area contributed by atoms with Crippen LogP contribution in [0.15, 0.2) is 42.5 Å². The molecule has 19 heavy (non-hydrogen) atoms. The van der Waals surface area contributed by atoms with Crippen molar-refractivity contribution in [3.05, 3.63) is 65.0 Å². The molecule has 3 heteroatoms. The molecule has 0 radical (unpaired) electrons. The zero-order chi connectivity index (χ0) is 13.8. The van der Waals surface area contributed by atoms with Crippen LogP contribution >= 0.6 is 0 Å². The van der Waals surface area contributed by atoms with Gasteiger partial charge < -0.3 is 5.32 Å². The Bertz CT molecular complexity index is 671. The predicted octanol–water partition coefficient (Wildman–Crippen LogP) is 3.37. The molecule has 94 valence electrons. The third kappa shape index (κ3) is 2.99. The lowest BCUT2D eigenvalue weighted by Gasteiger charge is -2.08. The molecule has 0 fully saturated rings. The first kappa shape index (κ1) is 12.8. The Morgan fingerprint density at radius 3 is 2.74 bits per heavy atom. The van der Waals surface area contributed by atoms with Gasteiger partial charge in [0.1, 0.15) is 5.82 Å². The lowest BCUT2D eigenvalue weighted by molar-refractivity contribution is 0.102. The average Bonchev–Trinajstić information content (AvgIpc) is 2.38. The van der Waals surface area contributed by atoms with E-state index in [1.807, 2.05) is 0 Å². The number of halogens is 1. The largest absolute Gasteiger partial charge is 0.322 e. The fourth-order valence-electron chi connectivity index (χ4n) is 1.77. The molecule has 0 heterocycles. The second-order valence-electron chi connectivity index (χ2n) is 4.14. The number of hydrogen-bond donors (Lipinski definition) is 1. The van der Waals surface area contributed by atoms with Gasteiger partial charge in [-0.1, -0.05) is 12.0 Å². The average molecular weight is 253 g/mol. The Labute approximate surface area is 111 Å². The van der Waals surface area contributed by atoms with Gasteiger partial charge >= 0.3 is 0 Å². The smallest absolute Gasteiger partial charge is 0.255 e. The molecule has 2 rings (SSSR count). The number of hydrogen-bond acceptors (Lipinski definition) is 1. The van der Waals surface area contributed by atoms with Crippen molar-refractivity contribution in [2.24, 2.45) is 0 Å². The van der Waals surface area contributed by atoms with Gasteiger partial charge in [0, 0.05) is 16.8 Å². The summed E-state index contributed by atoms with van der Waals surface area (Å²) in [5, 5.41) is 2.74. The van der Waals surface area contributed by atoms with E-state index in [1.54, 1.807) is 31.2 Å². The summed E-state index contributed by atoms with van der Waals surface area (Å²) in [5.41, 5.74) is 2.33. The topological polar surface area (TPSA) is 29.1 Å². The summed E-state index contributed by atoms with van der Waals surface area (Å²) in [5.74, 6) is 1.85. The van der Waals surface area contributed by atoms with Crippen LogP contribution in [-0.4, -0.2) is 5.91 Å². The van der Waals surface area contributed by atoms with Crippen LogP contribution in [-0.2, 0) is 0 Å². The van der Waals surface area contributed by atoms with E-state index in [0.29, 0.717) is 22.4 Å². The number of carbonyl (C=O) groups is 1. The van der Waals surface area contributed by atoms with E-state index in [-0.39, 0.29) is 11.7 Å². The van der Waals surface area contributed by atoms with E-state index >= 15 is 0 Å². The maximum absolute atomic E-state index is 13.0. The number of anilines is 1. The van der Waals surface area contributed by atoms with E-state index in [0.717, 1.165) is 0 Å². The minimum atomic E-state index is -0.358. The van der Waals surface area contributed by atoms with Crippen molar-refractivity contribution >= 4 is 11.6 Å². The summed E-state index contributed by atoms with van der Waals surface area (Å²) in [7, 11) is 0. The first-order valence-electron chi connectivity index (χ1n) is 5.74. The molecule has 0 saturated carbocycles. The van der Waals surface area contributed by atoms with Crippen molar-refractivity contribution in [3.63, 3.8) is 0 Å². The van der Waals surface area contributed by atoms with Crippen molar-refractivity contribution in [2.45, 2.75) is 6.92 Å². The van der Waals surface area contributed by atoms with Gasteiger partial charge in [0.25, 0.3) is 5.91 Å². The lowest BCUT2D eigenvalue weighted by atomic mass is 10.1. The van der Waals surface area contributed by atoms with Crippen LogP contribution in [0.5, 0.6) is 0 Å². The highest BCUT2D eigenvalue weighted by molar-refractivity contribution is 6.05. The number of amides is 1. The molecule has 0 saturated heterocycles. The van der Waals surface area contributed by atoms with Gasteiger partial charge in [-0.2, -0.15) is 0 Å². The molecule has 2 nitrogen and oxygen atoms in total. The number of aryl methyl sites for hydroxylation is 1. The minimum absolute atomic E-state index is 0.285. The molecule has 2 aromatic rings. The van der Waals surface area contributed by atoms with Gasteiger partial charge in [0.15, 0.2) is 0 Å². The normalized spacial score (nSPS) is 9.74. The van der Waals surface area contributed by atoms with E-state index < -0.39 is 0 Å². The van der Waals surface area contributed by atoms with Gasteiger partial charge in [-0.15, -0.1) is 6.42 Å². The monoisotopic (exact) mass is 253 g/mol. The third-order valence-electron chi connectivity index (χ3n) is 2.72. The Balaban J connectivity index is 2.23. The highest BCUT2D eigenvalue weighted by Gasteiger charge is 2.09. The van der Waals surface area contributed by atoms with Crippen molar-refractivity contribution < 1.29 is 9.18 Å². The van der Waals surface area contributed by atoms with Crippen molar-refractivity contribution in [2.75, 3.05) is 5.32 Å². The molecule has 0 aliphatic rings. The Morgan fingerprint density at radius 2 is 2.05 bits per heavy atom. The molecule has 1 N–H and O–H groups in total. The van der Waals surface area contributed by atoms with Crippen LogP contribution in [0.4, 0.5) is 10.1 Å². The molecule has 0 spiro atoms. The predicted molar refractivity (Wildman–Crippen MR) is 73.5 cm³/mol. The highest BCUT2D eigenvalue weighted by atomic mass is 19.1. The van der Waals surface area contributed by atoms with Crippen molar-refractivity contribution in [1.82, 2.24) is 0 Å². The second kappa shape index (κ2) is 5.36. The summed E-state index contributed by atoms with van der Waals surface area (Å²) >= 11 is 0. The van der Waals surface area contributed by atoms with Crippen molar-refractivity contribution in [1.29, 1.82) is 0 Å². The standard InChI is InChI=1S/C16H12FNO/c1-3-12-5-4-6-14(10-12)18-16(19)15-8-7-13(17)9-11(15)2/h1,4-10H,2H3,(H,18,19). The SMILES string of the molecule is C#Cc1cccc(NC(=O)c2ccc(F)cc2C)c1. The quantitative estimate of drug-likeness (QED) is 0.817. The molecule has 0 bridgehead atoms. The summed E-state index contributed by atoms with van der Waals surface area (Å²) in [4.78, 5) is 12.1. The van der Waals surface area contributed by atoms with E-state index in [2.05, 4.69) is 11.2 Å². The van der Waals surface area contributed by atoms with Gasteiger partial charge in [0.05, 0.1) is 0 Å². The molecule has 2 aromatic carbocycles. The minimum Gasteiger partial charge on any atom is -0.322 e. The number of nitrogens with one attached hydrogen (secondary N) is 1. The van der Waals surface area contributed by atoms with E-state index in [4.69, 9.17) is 6.42 Å². The maximum Gasteiger partial charge on any atom is 0.255 e. The summed E-state index contributed by atoms with van der Waals surface area (Å²) in [6, 6.07) is 11.0.